The normalized spacial score (nSPS) is 14.3. The Morgan fingerprint density at radius 3 is 2.29 bits per heavy atom. The van der Waals surface area contributed by atoms with Crippen molar-refractivity contribution in [2.24, 2.45) is 0 Å². The van der Waals surface area contributed by atoms with E-state index in [1.165, 1.54) is 12.1 Å². The fourth-order valence-corrected chi connectivity index (χ4v) is 2.53. The number of amides is 3. The lowest BCUT2D eigenvalue weighted by Crippen LogP contribution is -2.39. The second-order valence-electron chi connectivity index (χ2n) is 5.66. The van der Waals surface area contributed by atoms with Crippen LogP contribution in [0.4, 0.5) is 0 Å². The summed E-state index contributed by atoms with van der Waals surface area (Å²) in [5.41, 5.74) is 0.530. The number of benzene rings is 1. The van der Waals surface area contributed by atoms with Crippen LogP contribution in [0.15, 0.2) is 24.3 Å². The van der Waals surface area contributed by atoms with Gasteiger partial charge in [-0.25, -0.2) is 0 Å². The van der Waals surface area contributed by atoms with Crippen molar-refractivity contribution in [1.29, 1.82) is 0 Å². The molecule has 0 spiro atoms. The molecule has 128 valence electrons. The molecule has 2 rings (SSSR count). The molecule has 7 nitrogen and oxygen atoms in total. The maximum Gasteiger partial charge on any atom is 0.326 e. The molecule has 1 aromatic rings. The first-order chi connectivity index (χ1) is 11.4. The number of esters is 1. The smallest absolute Gasteiger partial charge is 0.326 e. The van der Waals surface area contributed by atoms with Crippen molar-refractivity contribution in [1.82, 2.24) is 10.2 Å². The number of carbonyl (C=O) groups excluding carboxylic acids is 4. The molecule has 0 saturated carbocycles. The largest absolute Gasteiger partial charge is 0.454 e. The topological polar surface area (TPSA) is 92.8 Å². The maximum absolute atomic E-state index is 12.1. The van der Waals surface area contributed by atoms with Crippen molar-refractivity contribution in [3.8, 4) is 0 Å². The lowest BCUT2D eigenvalue weighted by atomic mass is 10.1. The van der Waals surface area contributed by atoms with Crippen molar-refractivity contribution in [3.05, 3.63) is 35.4 Å². The molecule has 1 aromatic carbocycles. The fraction of sp³-hybridized carbons (Fsp3) is 0.412. The molecule has 7 heteroatoms. The van der Waals surface area contributed by atoms with Crippen molar-refractivity contribution < 1.29 is 23.9 Å². The number of rotatable bonds is 7. The van der Waals surface area contributed by atoms with Gasteiger partial charge in [0.2, 0.25) is 0 Å². The number of hydrogen-bond donors (Lipinski definition) is 1. The molecule has 1 aliphatic heterocycles. The molecule has 0 fully saturated rings. The van der Waals surface area contributed by atoms with Gasteiger partial charge < -0.3 is 10.1 Å². The Labute approximate surface area is 140 Å². The van der Waals surface area contributed by atoms with E-state index in [4.69, 9.17) is 4.74 Å². The summed E-state index contributed by atoms with van der Waals surface area (Å²) in [6.07, 6.45) is 1.76. The van der Waals surface area contributed by atoms with Gasteiger partial charge in [0.25, 0.3) is 17.7 Å². The van der Waals surface area contributed by atoms with E-state index in [1.807, 2.05) is 13.8 Å². The van der Waals surface area contributed by atoms with Crippen molar-refractivity contribution >= 4 is 23.7 Å². The van der Waals surface area contributed by atoms with E-state index in [2.05, 4.69) is 5.32 Å². The molecular weight excluding hydrogens is 312 g/mol. The van der Waals surface area contributed by atoms with Gasteiger partial charge in [0.15, 0.2) is 6.61 Å². The molecule has 1 unspecified atom stereocenters. The highest BCUT2D eigenvalue weighted by molar-refractivity contribution is 6.22. The second kappa shape index (κ2) is 7.72. The zero-order valence-corrected chi connectivity index (χ0v) is 13.7. The average molecular weight is 332 g/mol. The van der Waals surface area contributed by atoms with Crippen LogP contribution in [0.1, 0.15) is 47.4 Å². The van der Waals surface area contributed by atoms with E-state index in [-0.39, 0.29) is 17.2 Å². The second-order valence-corrected chi connectivity index (χ2v) is 5.66. The number of ether oxygens (including phenoxy) is 1. The first kappa shape index (κ1) is 17.7. The summed E-state index contributed by atoms with van der Waals surface area (Å²) in [6, 6.07) is 6.35. The van der Waals surface area contributed by atoms with Gasteiger partial charge in [0, 0.05) is 6.04 Å². The molecule has 0 radical (unpaired) electrons. The molecule has 1 atom stereocenters. The number of carbonyl (C=O) groups is 4. The van der Waals surface area contributed by atoms with Crippen LogP contribution in [0, 0.1) is 0 Å². The van der Waals surface area contributed by atoms with E-state index in [0.29, 0.717) is 0 Å². The summed E-state index contributed by atoms with van der Waals surface area (Å²) in [5, 5.41) is 2.70. The van der Waals surface area contributed by atoms with E-state index in [1.54, 1.807) is 12.1 Å². The van der Waals surface area contributed by atoms with Crippen LogP contribution in [-0.4, -0.2) is 47.8 Å². The van der Waals surface area contributed by atoms with Gasteiger partial charge >= 0.3 is 5.97 Å². The summed E-state index contributed by atoms with van der Waals surface area (Å²) in [5.74, 6) is -2.28. The third-order valence-electron chi connectivity index (χ3n) is 3.66. The van der Waals surface area contributed by atoms with Crippen LogP contribution in [0.25, 0.3) is 0 Å². The summed E-state index contributed by atoms with van der Waals surface area (Å²) >= 11 is 0. The van der Waals surface area contributed by atoms with Crippen molar-refractivity contribution in [2.45, 2.75) is 32.7 Å². The van der Waals surface area contributed by atoms with E-state index in [0.717, 1.165) is 17.7 Å². The van der Waals surface area contributed by atoms with Crippen molar-refractivity contribution in [2.75, 3.05) is 13.2 Å². The molecule has 1 N–H and O–H groups in total. The van der Waals surface area contributed by atoms with Gasteiger partial charge in [-0.15, -0.1) is 0 Å². The molecule has 0 bridgehead atoms. The van der Waals surface area contributed by atoms with Gasteiger partial charge in [-0.2, -0.15) is 0 Å². The zero-order chi connectivity index (χ0) is 17.7. The molecule has 0 aliphatic carbocycles. The van der Waals surface area contributed by atoms with Gasteiger partial charge in [0.1, 0.15) is 6.54 Å². The monoisotopic (exact) mass is 332 g/mol. The van der Waals surface area contributed by atoms with Gasteiger partial charge in [0.05, 0.1) is 11.1 Å². The molecule has 1 heterocycles. The minimum atomic E-state index is -0.803. The number of nitrogens with one attached hydrogen (secondary N) is 1. The average Bonchev–Trinajstić information content (AvgIpc) is 2.79. The Morgan fingerprint density at radius 1 is 1.17 bits per heavy atom. The number of nitrogens with zero attached hydrogens (tertiary/aromatic N) is 1. The molecular formula is C17H20N2O5. The van der Waals surface area contributed by atoms with E-state index < -0.39 is 36.8 Å². The van der Waals surface area contributed by atoms with Crippen molar-refractivity contribution in [3.63, 3.8) is 0 Å². The van der Waals surface area contributed by atoms with Gasteiger partial charge in [-0.1, -0.05) is 25.5 Å². The molecule has 3 amide bonds. The number of imide groups is 1. The molecule has 1 aliphatic rings. The molecule has 0 aromatic heterocycles. The zero-order valence-electron chi connectivity index (χ0n) is 13.7. The molecule has 24 heavy (non-hydrogen) atoms. The third-order valence-corrected chi connectivity index (χ3v) is 3.66. The van der Waals surface area contributed by atoms with Crippen LogP contribution in [0.2, 0.25) is 0 Å². The van der Waals surface area contributed by atoms with Crippen LogP contribution < -0.4 is 5.32 Å². The van der Waals surface area contributed by atoms with Gasteiger partial charge in [-0.3, -0.25) is 24.1 Å². The lowest BCUT2D eigenvalue weighted by Gasteiger charge is -2.14. The lowest BCUT2D eigenvalue weighted by molar-refractivity contribution is -0.148. The Balaban J connectivity index is 1.85. The molecule has 0 saturated heterocycles. The van der Waals surface area contributed by atoms with Crippen LogP contribution in [-0.2, 0) is 14.3 Å². The summed E-state index contributed by atoms with van der Waals surface area (Å²) in [7, 11) is 0. The van der Waals surface area contributed by atoms with Crippen LogP contribution in [0.5, 0.6) is 0 Å². The number of hydrogen-bond acceptors (Lipinski definition) is 5. The first-order valence-corrected chi connectivity index (χ1v) is 7.84. The Morgan fingerprint density at radius 2 is 1.75 bits per heavy atom. The van der Waals surface area contributed by atoms with E-state index in [9.17, 15) is 19.2 Å². The summed E-state index contributed by atoms with van der Waals surface area (Å²) in [6.45, 7) is 2.92. The van der Waals surface area contributed by atoms with Crippen LogP contribution in [0.3, 0.4) is 0 Å². The summed E-state index contributed by atoms with van der Waals surface area (Å²) < 4.78 is 4.84. The third kappa shape index (κ3) is 3.98. The highest BCUT2D eigenvalue weighted by Crippen LogP contribution is 2.21. The minimum absolute atomic E-state index is 0.00237. The quantitative estimate of drug-likeness (QED) is 0.597. The Kier molecular flexibility index (Phi) is 5.68. The Bertz CT molecular complexity index is 636. The predicted octanol–water partition coefficient (Wildman–Crippen LogP) is 1.13. The minimum Gasteiger partial charge on any atom is -0.454 e. The SMILES string of the molecule is CCCC(C)NC(=O)COC(=O)CN1C(=O)c2ccccc2C1=O. The fourth-order valence-electron chi connectivity index (χ4n) is 2.53. The van der Waals surface area contributed by atoms with E-state index >= 15 is 0 Å². The van der Waals surface area contributed by atoms with Gasteiger partial charge in [-0.05, 0) is 25.5 Å². The van der Waals surface area contributed by atoms with Crippen LogP contribution >= 0.6 is 0 Å². The highest BCUT2D eigenvalue weighted by Gasteiger charge is 2.36. The standard InChI is InChI=1S/C17H20N2O5/c1-3-6-11(2)18-14(20)10-24-15(21)9-19-16(22)12-7-4-5-8-13(12)17(19)23/h4-5,7-8,11H,3,6,9-10H2,1-2H3,(H,18,20). The highest BCUT2D eigenvalue weighted by atomic mass is 16.5. The summed E-state index contributed by atoms with van der Waals surface area (Å²) in [4.78, 5) is 48.5. The Hall–Kier alpha value is -2.70. The predicted molar refractivity (Wildman–Crippen MR) is 85.3 cm³/mol. The number of fused-ring (bicyclic) bond motifs is 1. The first-order valence-electron chi connectivity index (χ1n) is 7.84. The maximum atomic E-state index is 12.1.